The molecule has 0 fully saturated rings. The summed E-state index contributed by atoms with van der Waals surface area (Å²) in [4.78, 5) is 12.1. The zero-order valence-electron chi connectivity index (χ0n) is 13.7. The van der Waals surface area contributed by atoms with Gasteiger partial charge < -0.3 is 9.15 Å². The first-order valence-corrected chi connectivity index (χ1v) is 9.01. The van der Waals surface area contributed by atoms with E-state index >= 15 is 0 Å². The minimum atomic E-state index is -0.361. The highest BCUT2D eigenvalue weighted by Crippen LogP contribution is 2.25. The lowest BCUT2D eigenvalue weighted by Gasteiger charge is -2.08. The largest absolute Gasteiger partial charge is 0.461 e. The summed E-state index contributed by atoms with van der Waals surface area (Å²) in [7, 11) is 0. The average Bonchev–Trinajstić information content (AvgIpc) is 3.24. The Hall–Kier alpha value is -2.25. The molecular weight excluding hydrogens is 362 g/mol. The molecule has 0 spiro atoms. The molecule has 1 aromatic carbocycles. The molecule has 0 aliphatic heterocycles. The summed E-state index contributed by atoms with van der Waals surface area (Å²) in [5.74, 6) is 1.54. The SMILES string of the molecule is CCn1c(SCC(=O)Oc2ccc(Cl)cc2C)nnc1-c1ccco1. The van der Waals surface area contributed by atoms with E-state index in [1.807, 2.05) is 24.5 Å². The fraction of sp³-hybridized carbons (Fsp3) is 0.235. The molecule has 8 heteroatoms. The Morgan fingerprint density at radius 2 is 2.20 bits per heavy atom. The molecule has 0 saturated heterocycles. The van der Waals surface area contributed by atoms with Crippen molar-refractivity contribution in [3.05, 3.63) is 47.2 Å². The molecule has 0 amide bonds. The predicted molar refractivity (Wildman–Crippen MR) is 95.9 cm³/mol. The van der Waals surface area contributed by atoms with Gasteiger partial charge in [-0.2, -0.15) is 0 Å². The van der Waals surface area contributed by atoms with Crippen molar-refractivity contribution in [3.63, 3.8) is 0 Å². The number of esters is 1. The standard InChI is InChI=1S/C17H16ClN3O3S/c1-3-21-16(14-5-4-8-23-14)19-20-17(21)25-10-15(22)24-13-7-6-12(18)9-11(13)2/h4-9H,3,10H2,1-2H3. The van der Waals surface area contributed by atoms with Crippen LogP contribution in [0.15, 0.2) is 46.2 Å². The molecule has 0 atom stereocenters. The van der Waals surface area contributed by atoms with E-state index in [4.69, 9.17) is 20.8 Å². The van der Waals surface area contributed by atoms with Crippen LogP contribution in [0.2, 0.25) is 5.02 Å². The van der Waals surface area contributed by atoms with E-state index in [0.29, 0.717) is 34.1 Å². The molecule has 3 aromatic rings. The lowest BCUT2D eigenvalue weighted by atomic mass is 10.2. The number of ether oxygens (including phenoxy) is 1. The lowest BCUT2D eigenvalue weighted by Crippen LogP contribution is -2.12. The molecular formula is C17H16ClN3O3S. The van der Waals surface area contributed by atoms with E-state index in [9.17, 15) is 4.79 Å². The molecule has 0 saturated carbocycles. The van der Waals surface area contributed by atoms with Gasteiger partial charge in [0.1, 0.15) is 5.75 Å². The molecule has 0 N–H and O–H groups in total. The van der Waals surface area contributed by atoms with Crippen molar-refractivity contribution in [1.82, 2.24) is 14.8 Å². The van der Waals surface area contributed by atoms with Crippen LogP contribution in [-0.4, -0.2) is 26.5 Å². The summed E-state index contributed by atoms with van der Waals surface area (Å²) < 4.78 is 12.6. The van der Waals surface area contributed by atoms with E-state index in [1.54, 1.807) is 30.5 Å². The summed E-state index contributed by atoms with van der Waals surface area (Å²) in [6.45, 7) is 4.48. The van der Waals surface area contributed by atoms with Crippen LogP contribution < -0.4 is 4.74 Å². The number of carbonyl (C=O) groups is 1. The number of halogens is 1. The smallest absolute Gasteiger partial charge is 0.321 e. The predicted octanol–water partition coefficient (Wildman–Crippen LogP) is 4.22. The van der Waals surface area contributed by atoms with Crippen molar-refractivity contribution in [2.45, 2.75) is 25.5 Å². The number of furan rings is 1. The number of thioether (sulfide) groups is 1. The van der Waals surface area contributed by atoms with Gasteiger partial charge in [0.15, 0.2) is 16.7 Å². The van der Waals surface area contributed by atoms with Gasteiger partial charge in [0.05, 0.1) is 12.0 Å². The van der Waals surface area contributed by atoms with Gasteiger partial charge in [-0.15, -0.1) is 10.2 Å². The number of hydrogen-bond acceptors (Lipinski definition) is 6. The third kappa shape index (κ3) is 4.05. The summed E-state index contributed by atoms with van der Waals surface area (Å²) >= 11 is 7.18. The van der Waals surface area contributed by atoms with Gasteiger partial charge in [-0.1, -0.05) is 23.4 Å². The summed E-state index contributed by atoms with van der Waals surface area (Å²) in [5.41, 5.74) is 0.808. The highest BCUT2D eigenvalue weighted by molar-refractivity contribution is 7.99. The molecule has 0 aliphatic rings. The van der Waals surface area contributed by atoms with Crippen molar-refractivity contribution in [2.75, 3.05) is 5.75 Å². The van der Waals surface area contributed by atoms with Crippen LogP contribution in [0.4, 0.5) is 0 Å². The Bertz CT molecular complexity index is 877. The van der Waals surface area contributed by atoms with E-state index in [-0.39, 0.29) is 11.7 Å². The quantitative estimate of drug-likeness (QED) is 0.364. The summed E-state index contributed by atoms with van der Waals surface area (Å²) in [6.07, 6.45) is 1.59. The first-order valence-electron chi connectivity index (χ1n) is 7.65. The Balaban J connectivity index is 1.66. The van der Waals surface area contributed by atoms with Crippen LogP contribution in [0.5, 0.6) is 5.75 Å². The molecule has 6 nitrogen and oxygen atoms in total. The minimum Gasteiger partial charge on any atom is -0.461 e. The number of nitrogens with zero attached hydrogens (tertiary/aromatic N) is 3. The first kappa shape index (κ1) is 17.6. The maximum atomic E-state index is 12.1. The molecule has 2 aromatic heterocycles. The van der Waals surface area contributed by atoms with Gasteiger partial charge >= 0.3 is 5.97 Å². The molecule has 0 unspecified atom stereocenters. The maximum Gasteiger partial charge on any atom is 0.321 e. The molecule has 0 radical (unpaired) electrons. The number of benzene rings is 1. The number of hydrogen-bond donors (Lipinski definition) is 0. The fourth-order valence-electron chi connectivity index (χ4n) is 2.27. The molecule has 25 heavy (non-hydrogen) atoms. The van der Waals surface area contributed by atoms with Gasteiger partial charge in [-0.05, 0) is 49.7 Å². The molecule has 130 valence electrons. The second-order valence-electron chi connectivity index (χ2n) is 5.20. The highest BCUT2D eigenvalue weighted by Gasteiger charge is 2.17. The van der Waals surface area contributed by atoms with Crippen LogP contribution in [0.3, 0.4) is 0 Å². The number of rotatable bonds is 6. The fourth-order valence-corrected chi connectivity index (χ4v) is 3.27. The monoisotopic (exact) mass is 377 g/mol. The summed E-state index contributed by atoms with van der Waals surface area (Å²) in [5, 5.41) is 9.53. The number of carbonyl (C=O) groups excluding carboxylic acids is 1. The van der Waals surface area contributed by atoms with Gasteiger partial charge in [-0.3, -0.25) is 9.36 Å². The second kappa shape index (κ2) is 7.76. The van der Waals surface area contributed by atoms with Crippen LogP contribution in [0.1, 0.15) is 12.5 Å². The van der Waals surface area contributed by atoms with Crippen molar-refractivity contribution in [1.29, 1.82) is 0 Å². The van der Waals surface area contributed by atoms with E-state index in [0.717, 1.165) is 5.56 Å². The second-order valence-corrected chi connectivity index (χ2v) is 6.58. The molecule has 3 rings (SSSR count). The molecule has 0 bridgehead atoms. The van der Waals surface area contributed by atoms with E-state index < -0.39 is 0 Å². The van der Waals surface area contributed by atoms with Crippen LogP contribution in [-0.2, 0) is 11.3 Å². The topological polar surface area (TPSA) is 70.2 Å². The van der Waals surface area contributed by atoms with Crippen molar-refractivity contribution in [2.24, 2.45) is 0 Å². The minimum absolute atomic E-state index is 0.123. The Morgan fingerprint density at radius 3 is 2.88 bits per heavy atom. The highest BCUT2D eigenvalue weighted by atomic mass is 35.5. The van der Waals surface area contributed by atoms with E-state index in [1.165, 1.54) is 11.8 Å². The van der Waals surface area contributed by atoms with Crippen LogP contribution in [0.25, 0.3) is 11.6 Å². The lowest BCUT2D eigenvalue weighted by molar-refractivity contribution is -0.131. The van der Waals surface area contributed by atoms with Crippen molar-refractivity contribution < 1.29 is 13.9 Å². The van der Waals surface area contributed by atoms with Gasteiger partial charge in [0.25, 0.3) is 0 Å². The normalized spacial score (nSPS) is 10.8. The Labute approximate surface area is 154 Å². The van der Waals surface area contributed by atoms with Crippen molar-refractivity contribution >= 4 is 29.3 Å². The first-order chi connectivity index (χ1) is 12.1. The van der Waals surface area contributed by atoms with E-state index in [2.05, 4.69) is 10.2 Å². The Morgan fingerprint density at radius 1 is 1.36 bits per heavy atom. The zero-order valence-corrected chi connectivity index (χ0v) is 15.3. The van der Waals surface area contributed by atoms with Crippen molar-refractivity contribution in [3.8, 4) is 17.3 Å². The Kier molecular flexibility index (Phi) is 5.45. The van der Waals surface area contributed by atoms with Gasteiger partial charge in [0, 0.05) is 11.6 Å². The maximum absolute atomic E-state index is 12.1. The summed E-state index contributed by atoms with van der Waals surface area (Å²) in [6, 6.07) is 8.74. The van der Waals surface area contributed by atoms with Crippen LogP contribution >= 0.6 is 23.4 Å². The van der Waals surface area contributed by atoms with Crippen LogP contribution in [0, 0.1) is 6.92 Å². The van der Waals surface area contributed by atoms with Gasteiger partial charge in [-0.25, -0.2) is 0 Å². The molecule has 2 heterocycles. The number of aromatic nitrogens is 3. The average molecular weight is 378 g/mol. The number of aryl methyl sites for hydroxylation is 1. The zero-order chi connectivity index (χ0) is 17.8. The third-order valence-corrected chi connectivity index (χ3v) is 4.63. The third-order valence-electron chi connectivity index (χ3n) is 3.45. The van der Waals surface area contributed by atoms with Gasteiger partial charge in [0.2, 0.25) is 0 Å². The molecule has 0 aliphatic carbocycles.